The molecule has 0 aromatic heterocycles. The number of benzene rings is 2. The van der Waals surface area contributed by atoms with Crippen molar-refractivity contribution in [1.82, 2.24) is 0 Å². The first-order valence-corrected chi connectivity index (χ1v) is 9.69. The van der Waals surface area contributed by atoms with E-state index in [-0.39, 0.29) is 13.2 Å². The van der Waals surface area contributed by atoms with Crippen molar-refractivity contribution in [3.63, 3.8) is 0 Å². The fraction of sp³-hybridized carbons (Fsp3) is 0.400. The zero-order valence-corrected chi connectivity index (χ0v) is 16.3. The van der Waals surface area contributed by atoms with Crippen LogP contribution in [0.3, 0.4) is 0 Å². The Balaban J connectivity index is 1.58. The number of ether oxygens (including phenoxy) is 4. The molecule has 2 aromatic rings. The van der Waals surface area contributed by atoms with Gasteiger partial charge in [-0.25, -0.2) is 0 Å². The Kier molecular flexibility index (Phi) is 6.20. The van der Waals surface area contributed by atoms with Gasteiger partial charge in [0.15, 0.2) is 12.6 Å². The lowest BCUT2D eigenvalue weighted by Gasteiger charge is -2.24. The van der Waals surface area contributed by atoms with Crippen molar-refractivity contribution in [2.75, 3.05) is 13.2 Å². The summed E-state index contributed by atoms with van der Waals surface area (Å²) in [7, 11) is 0. The van der Waals surface area contributed by atoms with Crippen molar-refractivity contribution in [3.05, 3.63) is 69.7 Å². The van der Waals surface area contributed by atoms with E-state index in [0.717, 1.165) is 11.1 Å². The van der Waals surface area contributed by atoms with E-state index >= 15 is 0 Å². The van der Waals surface area contributed by atoms with Crippen LogP contribution in [0.5, 0.6) is 0 Å². The van der Waals surface area contributed by atoms with Gasteiger partial charge in [0.2, 0.25) is 0 Å². The summed E-state index contributed by atoms with van der Waals surface area (Å²) in [5.74, 6) is 0. The predicted octanol–water partition coefficient (Wildman–Crippen LogP) is 3.24. The van der Waals surface area contributed by atoms with Crippen LogP contribution < -0.4 is 0 Å². The quantitative estimate of drug-likeness (QED) is 0.781. The van der Waals surface area contributed by atoms with Crippen LogP contribution >= 0.6 is 23.2 Å². The molecule has 4 rings (SSSR count). The number of hydrogen-bond acceptors (Lipinski definition) is 6. The van der Waals surface area contributed by atoms with Gasteiger partial charge in [-0.3, -0.25) is 0 Å². The van der Waals surface area contributed by atoms with Crippen LogP contribution in [0.15, 0.2) is 48.5 Å². The molecule has 2 heterocycles. The Hall–Kier alpha value is -1.22. The van der Waals surface area contributed by atoms with Crippen LogP contribution in [0.2, 0.25) is 10.0 Å². The lowest BCUT2D eigenvalue weighted by Crippen LogP contribution is -2.43. The highest BCUT2D eigenvalue weighted by Gasteiger charge is 2.50. The van der Waals surface area contributed by atoms with Crippen molar-refractivity contribution in [3.8, 4) is 0 Å². The van der Waals surface area contributed by atoms with E-state index in [2.05, 4.69) is 0 Å². The van der Waals surface area contributed by atoms with Gasteiger partial charge in [0.25, 0.3) is 0 Å². The second-order valence-electron chi connectivity index (χ2n) is 6.68. The molecule has 2 unspecified atom stereocenters. The van der Waals surface area contributed by atoms with Crippen LogP contribution in [-0.2, 0) is 18.9 Å². The Morgan fingerprint density at radius 2 is 0.964 bits per heavy atom. The molecule has 2 aliphatic rings. The van der Waals surface area contributed by atoms with Crippen LogP contribution in [0.4, 0.5) is 0 Å². The van der Waals surface area contributed by atoms with Gasteiger partial charge >= 0.3 is 0 Å². The fourth-order valence-electron chi connectivity index (χ4n) is 3.42. The van der Waals surface area contributed by atoms with E-state index in [1.54, 1.807) is 48.5 Å². The highest BCUT2D eigenvalue weighted by Crippen LogP contribution is 2.40. The second kappa shape index (κ2) is 8.65. The maximum Gasteiger partial charge on any atom is 0.184 e. The molecular weight excluding hydrogens is 407 g/mol. The van der Waals surface area contributed by atoms with Gasteiger partial charge in [-0.05, 0) is 24.3 Å². The Labute approximate surface area is 172 Å². The SMILES string of the molecule is OC[C@@H]1OC(c2ccc(Cl)cc2)O[C@H](CO)[C@H]2OC(c3ccc(Cl)cc3)O[C@@H]21. The maximum atomic E-state index is 9.91. The largest absolute Gasteiger partial charge is 0.394 e. The first kappa shape index (κ1) is 20.1. The second-order valence-corrected chi connectivity index (χ2v) is 7.56. The topological polar surface area (TPSA) is 77.4 Å². The third-order valence-electron chi connectivity index (χ3n) is 4.86. The number of halogens is 2. The number of fused-ring (bicyclic) bond motifs is 1. The normalized spacial score (nSPS) is 32.7. The molecule has 2 aromatic carbocycles. The smallest absolute Gasteiger partial charge is 0.184 e. The monoisotopic (exact) mass is 426 g/mol. The number of rotatable bonds is 4. The summed E-state index contributed by atoms with van der Waals surface area (Å²) >= 11 is 11.9. The van der Waals surface area contributed by atoms with Gasteiger partial charge in [0.1, 0.15) is 24.4 Å². The molecule has 0 aliphatic carbocycles. The first-order valence-electron chi connectivity index (χ1n) is 8.93. The summed E-state index contributed by atoms with van der Waals surface area (Å²) in [6.07, 6.45) is -4.08. The maximum absolute atomic E-state index is 9.91. The van der Waals surface area contributed by atoms with E-state index in [0.29, 0.717) is 10.0 Å². The summed E-state index contributed by atoms with van der Waals surface area (Å²) in [6, 6.07) is 14.1. The van der Waals surface area contributed by atoms with Crippen molar-refractivity contribution in [2.24, 2.45) is 0 Å². The lowest BCUT2D eigenvalue weighted by atomic mass is 10.0. The van der Waals surface area contributed by atoms with Gasteiger partial charge in [-0.15, -0.1) is 0 Å². The Morgan fingerprint density at radius 3 is 1.32 bits per heavy atom. The van der Waals surface area contributed by atoms with E-state index in [1.807, 2.05) is 0 Å². The zero-order chi connectivity index (χ0) is 19.7. The van der Waals surface area contributed by atoms with E-state index in [9.17, 15) is 10.2 Å². The third kappa shape index (κ3) is 4.06. The molecule has 2 aliphatic heterocycles. The summed E-state index contributed by atoms with van der Waals surface area (Å²) in [5, 5.41) is 21.0. The molecule has 150 valence electrons. The minimum absolute atomic E-state index is 0.288. The van der Waals surface area contributed by atoms with E-state index in [4.69, 9.17) is 42.1 Å². The third-order valence-corrected chi connectivity index (χ3v) is 5.36. The predicted molar refractivity (Wildman–Crippen MR) is 102 cm³/mol. The minimum atomic E-state index is -0.793. The molecule has 28 heavy (non-hydrogen) atoms. The van der Waals surface area contributed by atoms with Crippen molar-refractivity contribution in [2.45, 2.75) is 37.0 Å². The van der Waals surface area contributed by atoms with Gasteiger partial charge in [0.05, 0.1) is 13.2 Å². The highest BCUT2D eigenvalue weighted by molar-refractivity contribution is 6.30. The van der Waals surface area contributed by atoms with Crippen molar-refractivity contribution >= 4 is 23.2 Å². The number of aliphatic hydroxyl groups is 2. The molecule has 0 amide bonds. The summed E-state index contributed by atoms with van der Waals surface area (Å²) in [4.78, 5) is 0. The van der Waals surface area contributed by atoms with E-state index in [1.165, 1.54) is 0 Å². The van der Waals surface area contributed by atoms with Crippen LogP contribution in [0, 0.1) is 0 Å². The Bertz CT molecular complexity index is 762. The van der Waals surface area contributed by atoms with Crippen LogP contribution in [0.25, 0.3) is 0 Å². The van der Waals surface area contributed by atoms with Gasteiger partial charge in [-0.2, -0.15) is 0 Å². The standard InChI is InChI=1S/C20H20Cl2O6/c21-13-5-1-11(2-6-13)19-25-15(9-23)17-18(16(10-24)26-19)28-20(27-17)12-3-7-14(22)8-4-12/h1-8,15-20,23-24H,9-10H2/t15-,16+,17-,18-,19?,20?/m1/s1. The number of hydrogen-bond donors (Lipinski definition) is 2. The van der Waals surface area contributed by atoms with Gasteiger partial charge in [0, 0.05) is 21.2 Å². The molecule has 2 N–H and O–H groups in total. The molecular formula is C20H20Cl2O6. The minimum Gasteiger partial charge on any atom is -0.394 e. The molecule has 0 saturated carbocycles. The zero-order valence-electron chi connectivity index (χ0n) is 14.8. The lowest BCUT2D eigenvalue weighted by molar-refractivity contribution is -0.223. The molecule has 0 radical (unpaired) electrons. The fourth-order valence-corrected chi connectivity index (χ4v) is 3.68. The summed E-state index contributed by atoms with van der Waals surface area (Å²) in [5.41, 5.74) is 1.50. The highest BCUT2D eigenvalue weighted by atomic mass is 35.5. The first-order chi connectivity index (χ1) is 13.6. The summed E-state index contributed by atoms with van der Waals surface area (Å²) in [6.45, 7) is -0.576. The molecule has 0 spiro atoms. The van der Waals surface area contributed by atoms with Gasteiger partial charge < -0.3 is 29.2 Å². The molecule has 6 atom stereocenters. The molecule has 2 saturated heterocycles. The van der Waals surface area contributed by atoms with Crippen LogP contribution in [0.1, 0.15) is 23.7 Å². The molecule has 6 nitrogen and oxygen atoms in total. The Morgan fingerprint density at radius 1 is 0.607 bits per heavy atom. The average Bonchev–Trinajstić information content (AvgIpc) is 3.08. The number of aliphatic hydroxyl groups excluding tert-OH is 2. The molecule has 2 fully saturated rings. The summed E-state index contributed by atoms with van der Waals surface area (Å²) < 4.78 is 24.1. The van der Waals surface area contributed by atoms with Crippen LogP contribution in [-0.4, -0.2) is 47.8 Å². The molecule has 8 heteroatoms. The average molecular weight is 427 g/mol. The molecule has 0 bridgehead atoms. The van der Waals surface area contributed by atoms with Crippen molar-refractivity contribution < 1.29 is 29.2 Å². The van der Waals surface area contributed by atoms with Gasteiger partial charge in [-0.1, -0.05) is 47.5 Å². The van der Waals surface area contributed by atoms with E-state index < -0.39 is 37.0 Å². The van der Waals surface area contributed by atoms with Crippen molar-refractivity contribution in [1.29, 1.82) is 0 Å².